The topological polar surface area (TPSA) is 90.3 Å². The minimum absolute atomic E-state index is 0.0737. The molecular weight excluding hydrogens is 318 g/mol. The molecule has 1 aromatic carbocycles. The highest BCUT2D eigenvalue weighted by atomic mass is 16.2. The molecule has 25 heavy (non-hydrogen) atoms. The Morgan fingerprint density at radius 3 is 2.28 bits per heavy atom. The number of benzene rings is 1. The Bertz CT molecular complexity index is 735. The van der Waals surface area contributed by atoms with Crippen molar-refractivity contribution < 1.29 is 14.4 Å². The van der Waals surface area contributed by atoms with E-state index in [1.165, 1.54) is 4.90 Å². The maximum Gasteiger partial charge on any atom is 0.233 e. The van der Waals surface area contributed by atoms with Crippen LogP contribution in [0.15, 0.2) is 36.4 Å². The van der Waals surface area contributed by atoms with Gasteiger partial charge < -0.3 is 5.32 Å². The van der Waals surface area contributed by atoms with Crippen molar-refractivity contribution in [3.8, 4) is 6.07 Å². The molecule has 1 fully saturated rings. The quantitative estimate of drug-likeness (QED) is 0.657. The number of rotatable bonds is 5. The lowest BCUT2D eigenvalue weighted by atomic mass is 9.85. The molecule has 0 unspecified atom stereocenters. The molecule has 2 atom stereocenters. The number of hydrogen-bond donors (Lipinski definition) is 1. The van der Waals surface area contributed by atoms with Crippen molar-refractivity contribution in [2.24, 2.45) is 11.8 Å². The summed E-state index contributed by atoms with van der Waals surface area (Å²) in [6.45, 7) is 0.114. The van der Waals surface area contributed by atoms with Crippen LogP contribution in [0.3, 0.4) is 0 Å². The number of hydrogen-bond acceptors (Lipinski definition) is 4. The van der Waals surface area contributed by atoms with Gasteiger partial charge in [0.1, 0.15) is 0 Å². The van der Waals surface area contributed by atoms with E-state index in [1.807, 2.05) is 12.2 Å². The van der Waals surface area contributed by atoms with Crippen LogP contribution >= 0.6 is 0 Å². The summed E-state index contributed by atoms with van der Waals surface area (Å²) >= 11 is 0. The van der Waals surface area contributed by atoms with E-state index in [2.05, 4.69) is 11.4 Å². The summed E-state index contributed by atoms with van der Waals surface area (Å²) in [6, 6.07) is 9.09. The van der Waals surface area contributed by atoms with Crippen LogP contribution in [-0.2, 0) is 20.8 Å². The summed E-state index contributed by atoms with van der Waals surface area (Å²) in [5.41, 5.74) is 1.51. The number of anilines is 1. The SMILES string of the molecule is N#CCc1ccc(NC(=O)CCN2C(=O)[C@H]3CC=CC[C@H]3C2=O)cc1. The van der Waals surface area contributed by atoms with Gasteiger partial charge in [0.15, 0.2) is 0 Å². The second kappa shape index (κ2) is 7.31. The number of imide groups is 1. The zero-order chi connectivity index (χ0) is 17.8. The van der Waals surface area contributed by atoms with Gasteiger partial charge >= 0.3 is 0 Å². The van der Waals surface area contributed by atoms with Crippen molar-refractivity contribution in [2.75, 3.05) is 11.9 Å². The summed E-state index contributed by atoms with van der Waals surface area (Å²) in [5, 5.41) is 11.4. The van der Waals surface area contributed by atoms with E-state index in [9.17, 15) is 14.4 Å². The van der Waals surface area contributed by atoms with Crippen molar-refractivity contribution in [3.05, 3.63) is 42.0 Å². The lowest BCUT2D eigenvalue weighted by Crippen LogP contribution is -2.34. The highest BCUT2D eigenvalue weighted by Gasteiger charge is 2.46. The smallest absolute Gasteiger partial charge is 0.233 e. The summed E-state index contributed by atoms with van der Waals surface area (Å²) in [6.07, 6.45) is 5.49. The molecular formula is C19H19N3O3. The van der Waals surface area contributed by atoms with E-state index in [-0.39, 0.29) is 42.5 Å². The van der Waals surface area contributed by atoms with Gasteiger partial charge in [-0.25, -0.2) is 0 Å². The molecule has 0 spiro atoms. The molecule has 128 valence electrons. The molecule has 3 amide bonds. The number of nitrogens with zero attached hydrogens (tertiary/aromatic N) is 2. The first-order valence-corrected chi connectivity index (χ1v) is 8.36. The second-order valence-corrected chi connectivity index (χ2v) is 6.31. The van der Waals surface area contributed by atoms with E-state index in [1.54, 1.807) is 24.3 Å². The summed E-state index contributed by atoms with van der Waals surface area (Å²) in [5.74, 6) is -1.08. The van der Waals surface area contributed by atoms with Gasteiger partial charge in [-0.15, -0.1) is 0 Å². The molecule has 0 aromatic heterocycles. The Hall–Kier alpha value is -2.94. The van der Waals surface area contributed by atoms with Crippen LogP contribution in [0.2, 0.25) is 0 Å². The van der Waals surface area contributed by atoms with E-state index >= 15 is 0 Å². The lowest BCUT2D eigenvalue weighted by molar-refractivity contribution is -0.140. The lowest BCUT2D eigenvalue weighted by Gasteiger charge is -2.14. The van der Waals surface area contributed by atoms with Crippen molar-refractivity contribution in [1.29, 1.82) is 5.26 Å². The predicted molar refractivity (Wildman–Crippen MR) is 91.1 cm³/mol. The van der Waals surface area contributed by atoms with Gasteiger partial charge in [0.05, 0.1) is 24.3 Å². The maximum atomic E-state index is 12.3. The Morgan fingerprint density at radius 1 is 1.12 bits per heavy atom. The molecule has 1 heterocycles. The summed E-state index contributed by atoms with van der Waals surface area (Å²) < 4.78 is 0. The van der Waals surface area contributed by atoms with Crippen LogP contribution < -0.4 is 5.32 Å². The Labute approximate surface area is 146 Å². The number of carbonyl (C=O) groups excluding carboxylic acids is 3. The van der Waals surface area contributed by atoms with Gasteiger partial charge in [0.2, 0.25) is 17.7 Å². The van der Waals surface area contributed by atoms with Gasteiger partial charge in [-0.3, -0.25) is 19.3 Å². The first kappa shape index (κ1) is 16.9. The number of nitrogens with one attached hydrogen (secondary N) is 1. The zero-order valence-corrected chi connectivity index (χ0v) is 13.8. The van der Waals surface area contributed by atoms with Gasteiger partial charge in [-0.1, -0.05) is 24.3 Å². The Balaban J connectivity index is 1.53. The summed E-state index contributed by atoms with van der Waals surface area (Å²) in [4.78, 5) is 38.0. The van der Waals surface area contributed by atoms with Crippen molar-refractivity contribution in [3.63, 3.8) is 0 Å². The highest BCUT2D eigenvalue weighted by Crippen LogP contribution is 2.34. The fraction of sp³-hybridized carbons (Fsp3) is 0.368. The Kier molecular flexibility index (Phi) is 4.94. The predicted octanol–water partition coefficient (Wildman–Crippen LogP) is 2.03. The van der Waals surface area contributed by atoms with Crippen LogP contribution in [0.25, 0.3) is 0 Å². The minimum atomic E-state index is -0.256. The number of amides is 3. The van der Waals surface area contributed by atoms with E-state index in [0.29, 0.717) is 24.9 Å². The van der Waals surface area contributed by atoms with E-state index < -0.39 is 0 Å². The number of fused-ring (bicyclic) bond motifs is 1. The molecule has 0 saturated carbocycles. The number of carbonyl (C=O) groups is 3. The third-order valence-electron chi connectivity index (χ3n) is 4.68. The number of nitriles is 1. The first-order valence-electron chi connectivity index (χ1n) is 8.36. The largest absolute Gasteiger partial charge is 0.326 e. The molecule has 6 heteroatoms. The fourth-order valence-corrected chi connectivity index (χ4v) is 3.32. The van der Waals surface area contributed by atoms with Crippen LogP contribution in [0.1, 0.15) is 24.8 Å². The average Bonchev–Trinajstić information content (AvgIpc) is 2.86. The zero-order valence-electron chi connectivity index (χ0n) is 13.8. The molecule has 0 bridgehead atoms. The van der Waals surface area contributed by atoms with E-state index in [0.717, 1.165) is 5.56 Å². The average molecular weight is 337 g/mol. The highest BCUT2D eigenvalue weighted by molar-refractivity contribution is 6.05. The normalized spacial score (nSPS) is 21.8. The van der Waals surface area contributed by atoms with Crippen molar-refractivity contribution in [1.82, 2.24) is 4.90 Å². The van der Waals surface area contributed by atoms with Crippen molar-refractivity contribution in [2.45, 2.75) is 25.7 Å². The second-order valence-electron chi connectivity index (χ2n) is 6.31. The monoisotopic (exact) mass is 337 g/mol. The van der Waals surface area contributed by atoms with Gasteiger partial charge in [0, 0.05) is 18.7 Å². The first-order chi connectivity index (χ1) is 12.1. The van der Waals surface area contributed by atoms with Crippen molar-refractivity contribution >= 4 is 23.4 Å². The van der Waals surface area contributed by atoms with Crippen LogP contribution in [-0.4, -0.2) is 29.2 Å². The molecule has 1 aliphatic heterocycles. The standard InChI is InChI=1S/C19H19N3O3/c20-11-9-13-5-7-14(8-6-13)21-17(23)10-12-22-18(24)15-3-1-2-4-16(15)19(22)25/h1-2,5-8,15-16H,3-4,9-10,12H2,(H,21,23)/t15-,16+. The molecule has 1 aliphatic carbocycles. The molecule has 6 nitrogen and oxygen atoms in total. The van der Waals surface area contributed by atoms with Gasteiger partial charge in [0.25, 0.3) is 0 Å². The third kappa shape index (κ3) is 3.61. The number of likely N-dealkylation sites (tertiary alicyclic amines) is 1. The summed E-state index contributed by atoms with van der Waals surface area (Å²) in [7, 11) is 0. The molecule has 1 aromatic rings. The molecule has 1 N–H and O–H groups in total. The number of allylic oxidation sites excluding steroid dienone is 2. The molecule has 2 aliphatic rings. The maximum absolute atomic E-state index is 12.3. The van der Waals surface area contributed by atoms with E-state index in [4.69, 9.17) is 5.26 Å². The van der Waals surface area contributed by atoms with Crippen LogP contribution in [0, 0.1) is 23.2 Å². The minimum Gasteiger partial charge on any atom is -0.326 e. The molecule has 1 saturated heterocycles. The van der Waals surface area contributed by atoms with Crippen LogP contribution in [0.5, 0.6) is 0 Å². The molecule has 0 radical (unpaired) electrons. The molecule has 3 rings (SSSR count). The van der Waals surface area contributed by atoms with Crippen LogP contribution in [0.4, 0.5) is 5.69 Å². The third-order valence-corrected chi connectivity index (χ3v) is 4.68. The fourth-order valence-electron chi connectivity index (χ4n) is 3.32. The van der Waals surface area contributed by atoms with Gasteiger partial charge in [-0.05, 0) is 30.5 Å². The Morgan fingerprint density at radius 2 is 1.72 bits per heavy atom. The van der Waals surface area contributed by atoms with Gasteiger partial charge in [-0.2, -0.15) is 5.26 Å².